The molecule has 1 N–H and O–H groups in total. The smallest absolute Gasteiger partial charge is 0.123 e. The largest absolute Gasteiger partial charge is 0.314 e. The van der Waals surface area contributed by atoms with Crippen LogP contribution < -0.4 is 5.32 Å². The van der Waals surface area contributed by atoms with Crippen molar-refractivity contribution in [1.29, 1.82) is 0 Å². The minimum absolute atomic E-state index is 0.138. The highest BCUT2D eigenvalue weighted by atomic mass is 19.1. The molecule has 0 spiro atoms. The van der Waals surface area contributed by atoms with Gasteiger partial charge >= 0.3 is 0 Å². The second kappa shape index (κ2) is 6.33. The second-order valence-electron chi connectivity index (χ2n) is 5.37. The predicted octanol–water partition coefficient (Wildman–Crippen LogP) is 3.11. The van der Waals surface area contributed by atoms with E-state index in [0.29, 0.717) is 0 Å². The molecule has 1 unspecified atom stereocenters. The lowest BCUT2D eigenvalue weighted by Gasteiger charge is -2.36. The molecule has 1 fully saturated rings. The molecule has 2 nitrogen and oxygen atoms in total. The van der Waals surface area contributed by atoms with Crippen molar-refractivity contribution in [2.45, 2.75) is 12.6 Å². The summed E-state index contributed by atoms with van der Waals surface area (Å²) in [5.74, 6) is -0.430. The molecule has 1 aliphatic heterocycles. The Morgan fingerprint density at radius 3 is 2.62 bits per heavy atom. The lowest BCUT2D eigenvalue weighted by molar-refractivity contribution is 0.153. The predicted molar refractivity (Wildman–Crippen MR) is 78.8 cm³/mol. The van der Waals surface area contributed by atoms with Crippen molar-refractivity contribution in [3.63, 3.8) is 0 Å². The van der Waals surface area contributed by atoms with Gasteiger partial charge in [0.25, 0.3) is 0 Å². The van der Waals surface area contributed by atoms with Crippen molar-refractivity contribution in [3.8, 4) is 0 Å². The first-order chi connectivity index (χ1) is 10.2. The zero-order valence-electron chi connectivity index (χ0n) is 11.7. The highest BCUT2D eigenvalue weighted by Gasteiger charge is 2.23. The maximum absolute atomic E-state index is 13.4. The average molecular weight is 288 g/mol. The molecule has 1 atom stereocenters. The first-order valence-corrected chi connectivity index (χ1v) is 7.17. The summed E-state index contributed by atoms with van der Waals surface area (Å²) >= 11 is 0. The van der Waals surface area contributed by atoms with E-state index < -0.39 is 0 Å². The number of nitrogens with one attached hydrogen (secondary N) is 1. The fraction of sp³-hybridized carbons (Fsp3) is 0.294. The van der Waals surface area contributed by atoms with Gasteiger partial charge in [0.1, 0.15) is 11.6 Å². The molecular formula is C17H18F2N2. The Labute approximate surface area is 123 Å². The number of halogens is 2. The number of piperazine rings is 1. The van der Waals surface area contributed by atoms with Gasteiger partial charge in [-0.05, 0) is 35.4 Å². The van der Waals surface area contributed by atoms with Crippen molar-refractivity contribution in [1.82, 2.24) is 10.2 Å². The summed E-state index contributed by atoms with van der Waals surface area (Å²) in [4.78, 5) is 2.30. The molecule has 0 aliphatic carbocycles. The van der Waals surface area contributed by atoms with Crippen molar-refractivity contribution in [2.24, 2.45) is 0 Å². The van der Waals surface area contributed by atoms with Crippen LogP contribution >= 0.6 is 0 Å². The molecule has 110 valence electrons. The number of hydrogen-bond donors (Lipinski definition) is 1. The van der Waals surface area contributed by atoms with Gasteiger partial charge in [0.05, 0.1) is 0 Å². The number of benzene rings is 2. The van der Waals surface area contributed by atoms with Crippen molar-refractivity contribution < 1.29 is 8.78 Å². The molecule has 21 heavy (non-hydrogen) atoms. The van der Waals surface area contributed by atoms with Crippen LogP contribution in [-0.2, 0) is 6.54 Å². The van der Waals surface area contributed by atoms with E-state index in [1.54, 1.807) is 24.3 Å². The van der Waals surface area contributed by atoms with Crippen LogP contribution in [-0.4, -0.2) is 24.5 Å². The summed E-state index contributed by atoms with van der Waals surface area (Å²) in [6, 6.07) is 13.5. The molecule has 0 saturated carbocycles. The van der Waals surface area contributed by atoms with Crippen LogP contribution in [0.15, 0.2) is 48.5 Å². The van der Waals surface area contributed by atoms with E-state index in [9.17, 15) is 8.78 Å². The number of hydrogen-bond acceptors (Lipinski definition) is 2. The van der Waals surface area contributed by atoms with Crippen molar-refractivity contribution >= 4 is 0 Å². The van der Waals surface area contributed by atoms with Crippen LogP contribution in [0.25, 0.3) is 0 Å². The maximum Gasteiger partial charge on any atom is 0.123 e. The number of rotatable bonds is 3. The first kappa shape index (κ1) is 14.2. The molecule has 0 aromatic heterocycles. The zero-order valence-corrected chi connectivity index (χ0v) is 11.7. The normalized spacial score (nSPS) is 19.6. The Hall–Kier alpha value is -1.78. The molecule has 2 aromatic carbocycles. The van der Waals surface area contributed by atoms with Crippen LogP contribution in [0.1, 0.15) is 17.2 Å². The van der Waals surface area contributed by atoms with Crippen LogP contribution in [0.2, 0.25) is 0 Å². The van der Waals surface area contributed by atoms with Gasteiger partial charge in [-0.1, -0.05) is 24.3 Å². The molecule has 2 aromatic rings. The van der Waals surface area contributed by atoms with E-state index >= 15 is 0 Å². The van der Waals surface area contributed by atoms with E-state index in [1.165, 1.54) is 18.2 Å². The zero-order chi connectivity index (χ0) is 14.7. The Morgan fingerprint density at radius 1 is 1.05 bits per heavy atom. The molecule has 1 aliphatic rings. The van der Waals surface area contributed by atoms with E-state index in [2.05, 4.69) is 10.2 Å². The highest BCUT2D eigenvalue weighted by Crippen LogP contribution is 2.24. The third-order valence-electron chi connectivity index (χ3n) is 3.89. The topological polar surface area (TPSA) is 15.3 Å². The minimum atomic E-state index is -0.222. The summed E-state index contributed by atoms with van der Waals surface area (Å²) in [6.45, 7) is 3.33. The Balaban J connectivity index is 1.79. The monoisotopic (exact) mass is 288 g/mol. The van der Waals surface area contributed by atoms with Gasteiger partial charge < -0.3 is 5.32 Å². The summed E-state index contributed by atoms with van der Waals surface area (Å²) in [5.41, 5.74) is 2.05. The maximum atomic E-state index is 13.4. The van der Waals surface area contributed by atoms with Crippen LogP contribution in [0.5, 0.6) is 0 Å². The summed E-state index contributed by atoms with van der Waals surface area (Å²) < 4.78 is 26.4. The SMILES string of the molecule is Fc1ccc(CN2CCNCC2c2cccc(F)c2)cc1. The van der Waals surface area contributed by atoms with E-state index in [0.717, 1.165) is 37.3 Å². The summed E-state index contributed by atoms with van der Waals surface area (Å²) in [7, 11) is 0. The van der Waals surface area contributed by atoms with Crippen molar-refractivity contribution in [3.05, 3.63) is 71.3 Å². The van der Waals surface area contributed by atoms with Gasteiger partial charge in [-0.15, -0.1) is 0 Å². The standard InChI is InChI=1S/C17H18F2N2/c18-15-6-4-13(5-7-15)12-21-9-8-20-11-17(21)14-2-1-3-16(19)10-14/h1-7,10,17,20H,8-9,11-12H2. The number of nitrogens with zero attached hydrogens (tertiary/aromatic N) is 1. The quantitative estimate of drug-likeness (QED) is 0.933. The third kappa shape index (κ3) is 3.46. The molecular weight excluding hydrogens is 270 g/mol. The van der Waals surface area contributed by atoms with Gasteiger partial charge in [0.15, 0.2) is 0 Å². The fourth-order valence-electron chi connectivity index (χ4n) is 2.80. The van der Waals surface area contributed by atoms with Crippen LogP contribution in [0.3, 0.4) is 0 Å². The lowest BCUT2D eigenvalue weighted by Crippen LogP contribution is -2.45. The Morgan fingerprint density at radius 2 is 1.86 bits per heavy atom. The van der Waals surface area contributed by atoms with Gasteiger partial charge in [-0.25, -0.2) is 8.78 Å². The van der Waals surface area contributed by atoms with Gasteiger partial charge in [0.2, 0.25) is 0 Å². The molecule has 0 amide bonds. The minimum Gasteiger partial charge on any atom is -0.314 e. The van der Waals surface area contributed by atoms with E-state index in [1.807, 2.05) is 6.07 Å². The Kier molecular flexibility index (Phi) is 4.27. The average Bonchev–Trinajstić information content (AvgIpc) is 2.50. The Bertz CT molecular complexity index is 598. The lowest BCUT2D eigenvalue weighted by atomic mass is 10.0. The van der Waals surface area contributed by atoms with Crippen LogP contribution in [0, 0.1) is 11.6 Å². The fourth-order valence-corrected chi connectivity index (χ4v) is 2.80. The second-order valence-corrected chi connectivity index (χ2v) is 5.37. The molecule has 3 rings (SSSR count). The van der Waals surface area contributed by atoms with Gasteiger partial charge in [-0.2, -0.15) is 0 Å². The van der Waals surface area contributed by atoms with E-state index in [4.69, 9.17) is 0 Å². The van der Waals surface area contributed by atoms with Gasteiger partial charge in [0, 0.05) is 32.2 Å². The summed E-state index contributed by atoms with van der Waals surface area (Å²) in [5, 5.41) is 3.35. The molecule has 0 radical (unpaired) electrons. The molecule has 4 heteroatoms. The highest BCUT2D eigenvalue weighted by molar-refractivity contribution is 5.22. The third-order valence-corrected chi connectivity index (χ3v) is 3.89. The first-order valence-electron chi connectivity index (χ1n) is 7.17. The van der Waals surface area contributed by atoms with Crippen LogP contribution in [0.4, 0.5) is 8.78 Å². The summed E-state index contributed by atoms with van der Waals surface area (Å²) in [6.07, 6.45) is 0. The molecule has 1 heterocycles. The van der Waals surface area contributed by atoms with Gasteiger partial charge in [-0.3, -0.25) is 4.90 Å². The van der Waals surface area contributed by atoms with Crippen molar-refractivity contribution in [2.75, 3.05) is 19.6 Å². The molecule has 1 saturated heterocycles. The van der Waals surface area contributed by atoms with E-state index in [-0.39, 0.29) is 17.7 Å². The molecule has 0 bridgehead atoms.